The van der Waals surface area contributed by atoms with Crippen LogP contribution >= 0.6 is 0 Å². The topological polar surface area (TPSA) is 157 Å². The molecule has 10 rings (SSSR count). The monoisotopic (exact) mass is 862 g/mol. The minimum Gasteiger partial charge on any atom is -0.399 e. The third-order valence-electron chi connectivity index (χ3n) is 14.6. The summed E-state index contributed by atoms with van der Waals surface area (Å²) in [5, 5.41) is 14.9. The first-order valence-electron chi connectivity index (χ1n) is 22.8. The van der Waals surface area contributed by atoms with Crippen molar-refractivity contribution < 1.29 is 19.1 Å². The molecule has 4 fully saturated rings. The summed E-state index contributed by atoms with van der Waals surface area (Å²) >= 11 is 0. The van der Waals surface area contributed by atoms with Gasteiger partial charge in [0.1, 0.15) is 21.4 Å². The van der Waals surface area contributed by atoms with Gasteiger partial charge in [0.25, 0.3) is 10.0 Å². The van der Waals surface area contributed by atoms with Gasteiger partial charge in [-0.25, -0.2) is 17.7 Å². The minimum absolute atomic E-state index is 0. The Kier molecular flexibility index (Phi) is 13.0. The van der Waals surface area contributed by atoms with Crippen LogP contribution in [0.3, 0.4) is 0 Å². The maximum Gasteiger partial charge on any atom is 0.264 e. The van der Waals surface area contributed by atoms with E-state index in [9.17, 15) is 8.42 Å². The zero-order valence-electron chi connectivity index (χ0n) is 37.1. The molecule has 6 aromatic rings. The number of fused-ring (bicyclic) bond motifs is 4. The van der Waals surface area contributed by atoms with Crippen LogP contribution in [0.25, 0.3) is 22.1 Å². The molecule has 4 aliphatic rings. The third-order valence-corrected chi connectivity index (χ3v) is 16.0. The number of sulfonamides is 1. The molecule has 4 unspecified atom stereocenters. The molecular weight excluding hydrogens is 797 g/mol. The van der Waals surface area contributed by atoms with Crippen molar-refractivity contribution in [1.82, 2.24) is 30.4 Å². The lowest BCUT2D eigenvalue weighted by atomic mass is 9.92. The van der Waals surface area contributed by atoms with Crippen molar-refractivity contribution in [3.05, 3.63) is 102 Å². The molecule has 0 amide bonds. The molecule has 13 heteroatoms. The van der Waals surface area contributed by atoms with Crippen molar-refractivity contribution in [3.63, 3.8) is 0 Å². The number of anilines is 2. The smallest absolute Gasteiger partial charge is 0.264 e. The van der Waals surface area contributed by atoms with Crippen molar-refractivity contribution in [2.24, 2.45) is 23.7 Å². The molecule has 2 saturated carbocycles. The van der Waals surface area contributed by atoms with E-state index in [4.69, 9.17) is 10.4 Å². The van der Waals surface area contributed by atoms with Gasteiger partial charge in [-0.15, -0.1) is 0 Å². The second kappa shape index (κ2) is 18.5. The lowest BCUT2D eigenvalue weighted by molar-refractivity contribution is 0.271. The molecule has 3 N–H and O–H groups in total. The Morgan fingerprint density at radius 1 is 0.661 bits per heavy atom. The van der Waals surface area contributed by atoms with Gasteiger partial charge >= 0.3 is 0 Å². The van der Waals surface area contributed by atoms with Crippen molar-refractivity contribution in [2.75, 3.05) is 49.7 Å². The molecule has 2 aliphatic heterocycles. The van der Waals surface area contributed by atoms with Gasteiger partial charge in [-0.2, -0.15) is 0 Å². The number of nitrogens with zero attached hydrogens (tertiary/aromatic N) is 6. The quantitative estimate of drug-likeness (QED) is 0.0748. The lowest BCUT2D eigenvalue weighted by Crippen LogP contribution is -2.30. The van der Waals surface area contributed by atoms with Gasteiger partial charge in [0.2, 0.25) is 0 Å². The van der Waals surface area contributed by atoms with Gasteiger partial charge in [-0.1, -0.05) is 109 Å². The Balaban J connectivity index is 0.000000162. The largest absolute Gasteiger partial charge is 0.399 e. The number of piperidine rings is 2. The number of nitrogen functional groups attached to an aromatic ring is 1. The highest BCUT2D eigenvalue weighted by atomic mass is 32.2. The fraction of sp³-hybridized carbons (Fsp3) is 0.510. The lowest BCUT2D eigenvalue weighted by Gasteiger charge is -2.24. The van der Waals surface area contributed by atoms with E-state index in [0.29, 0.717) is 28.5 Å². The zero-order valence-corrected chi connectivity index (χ0v) is 37.9. The molecule has 4 heterocycles. The maximum atomic E-state index is 13.0. The number of benzene rings is 4. The van der Waals surface area contributed by atoms with E-state index in [1.807, 2.05) is 43.3 Å². The third kappa shape index (κ3) is 8.99. The van der Waals surface area contributed by atoms with Crippen LogP contribution in [0.2, 0.25) is 0 Å². The summed E-state index contributed by atoms with van der Waals surface area (Å²) in [5.41, 5.74) is 14.0. The minimum atomic E-state index is -3.81. The predicted molar refractivity (Wildman–Crippen MR) is 248 cm³/mol. The highest BCUT2D eigenvalue weighted by Crippen LogP contribution is 2.64. The molecule has 0 radical (unpaired) electrons. The summed E-state index contributed by atoms with van der Waals surface area (Å²) in [6.45, 7) is 18.6. The first-order chi connectivity index (χ1) is 30.0. The molecule has 62 heavy (non-hydrogen) atoms. The number of nitrogens with one attached hydrogen (secondary N) is 1. The maximum absolute atomic E-state index is 13.0. The van der Waals surface area contributed by atoms with Gasteiger partial charge < -0.3 is 15.5 Å². The number of rotatable bonds is 15. The molecule has 2 saturated heterocycles. The van der Waals surface area contributed by atoms with E-state index in [1.54, 1.807) is 18.2 Å². The zero-order chi connectivity index (χ0) is 43.5. The Labute approximate surface area is 368 Å². The van der Waals surface area contributed by atoms with Gasteiger partial charge in [0.15, 0.2) is 5.52 Å². The number of aryl methyl sites for hydroxylation is 1. The van der Waals surface area contributed by atoms with Crippen molar-refractivity contribution in [2.45, 2.75) is 102 Å². The number of hydrogen-bond donors (Lipinski definition) is 2. The van der Waals surface area contributed by atoms with E-state index in [-0.39, 0.29) is 17.3 Å². The Morgan fingerprint density at radius 2 is 1.16 bits per heavy atom. The Bertz CT molecular complexity index is 2540. The highest BCUT2D eigenvalue weighted by molar-refractivity contribution is 7.93. The summed E-state index contributed by atoms with van der Waals surface area (Å²) < 4.78 is 38.1. The Hall–Kier alpha value is -4.85. The van der Waals surface area contributed by atoms with Crippen LogP contribution < -0.4 is 10.5 Å². The van der Waals surface area contributed by atoms with E-state index < -0.39 is 10.0 Å². The van der Waals surface area contributed by atoms with Crippen LogP contribution in [-0.2, 0) is 20.9 Å². The molecule has 2 aromatic heterocycles. The standard InChI is InChI=1S/C24H30N4O3S.C18H28N2.C7H6N2O.H2/c1-3-4-5-6-13-28-15-19-20(16-28)24(19,2)17-9-7-10-18(14-17)27-32(29,30)22-12-8-11-21-23(22)26-31-25-21;1-3-4-5-6-10-20-12-16-17(13-20)18(16,2)14-8-7-9-15(19)11-14;1-5-3-2-4-6-7(5)9-10-8-6;/h7-12,14,19-20,27H,3-6,13,15-16H2,1-2H3;7-9,11,16-17H,3-6,10,12-13,19H2,1-2H3;2-4H,1H3;1H. The fourth-order valence-electron chi connectivity index (χ4n) is 10.6. The number of unbranched alkanes of at least 4 members (excludes halogenated alkanes) is 6. The van der Waals surface area contributed by atoms with Crippen LogP contribution in [0.4, 0.5) is 11.4 Å². The van der Waals surface area contributed by atoms with Crippen LogP contribution in [0.1, 0.15) is 97.2 Å². The predicted octanol–water partition coefficient (Wildman–Crippen LogP) is 9.87. The molecular formula is C49H66N8O4S. The molecule has 4 atom stereocenters. The number of likely N-dealkylation sites (tertiary alicyclic amines) is 2. The fourth-order valence-corrected chi connectivity index (χ4v) is 11.8. The summed E-state index contributed by atoms with van der Waals surface area (Å²) in [4.78, 5) is 5.35. The van der Waals surface area contributed by atoms with E-state index in [2.05, 4.69) is 91.7 Å². The summed E-state index contributed by atoms with van der Waals surface area (Å²) in [7, 11) is -3.81. The van der Waals surface area contributed by atoms with Gasteiger partial charge in [0.05, 0.1) is 0 Å². The van der Waals surface area contributed by atoms with Gasteiger partial charge in [-0.3, -0.25) is 4.72 Å². The van der Waals surface area contributed by atoms with Crippen molar-refractivity contribution in [1.29, 1.82) is 0 Å². The first-order valence-corrected chi connectivity index (χ1v) is 24.3. The highest BCUT2D eigenvalue weighted by Gasteiger charge is 2.66. The first kappa shape index (κ1) is 43.8. The summed E-state index contributed by atoms with van der Waals surface area (Å²) in [6, 6.07) is 27.0. The molecule has 12 nitrogen and oxygen atoms in total. The second-order valence-electron chi connectivity index (χ2n) is 18.5. The number of hydrogen-bond acceptors (Lipinski definition) is 11. The van der Waals surface area contributed by atoms with Crippen LogP contribution in [0.5, 0.6) is 0 Å². The van der Waals surface area contributed by atoms with Gasteiger partial charge in [-0.05, 0) is 136 Å². The van der Waals surface area contributed by atoms with E-state index in [0.717, 1.165) is 47.2 Å². The normalized spacial score (nSPS) is 25.1. The van der Waals surface area contributed by atoms with E-state index in [1.165, 1.54) is 94.7 Å². The molecule has 4 aromatic carbocycles. The molecule has 0 spiro atoms. The van der Waals surface area contributed by atoms with Gasteiger partial charge in [0, 0.05) is 49.8 Å². The molecule has 0 bridgehead atoms. The average Bonchev–Trinajstić information content (AvgIpc) is 3.81. The number of nitrogens with two attached hydrogens (primary N) is 1. The summed E-state index contributed by atoms with van der Waals surface area (Å²) in [5.74, 6) is 3.01. The SMILES string of the molecule is CCCCCCN1CC2C(C1)C2(C)c1cccc(N)c1.CCCCCCN1CC2C(C1)C2(C)c1cccc(NS(=O)(=O)c2cccc3nonc23)c1.Cc1cccc2nonc12.[HH]. The second-order valence-corrected chi connectivity index (χ2v) is 20.2. The van der Waals surface area contributed by atoms with Crippen molar-refractivity contribution in [3.8, 4) is 0 Å². The Morgan fingerprint density at radius 3 is 1.71 bits per heavy atom. The van der Waals surface area contributed by atoms with Crippen LogP contribution in [0, 0.1) is 30.6 Å². The molecule has 332 valence electrons. The van der Waals surface area contributed by atoms with Crippen molar-refractivity contribution >= 4 is 43.5 Å². The van der Waals surface area contributed by atoms with Crippen LogP contribution in [-0.4, -0.2) is 78.1 Å². The summed E-state index contributed by atoms with van der Waals surface area (Å²) in [6.07, 6.45) is 10.7. The van der Waals surface area contributed by atoms with E-state index >= 15 is 0 Å². The van der Waals surface area contributed by atoms with Crippen LogP contribution in [0.15, 0.2) is 99.1 Å². The number of aromatic nitrogens is 4. The molecule has 2 aliphatic carbocycles. The average molecular weight is 863 g/mol.